The Bertz CT molecular complexity index is 1040. The first-order chi connectivity index (χ1) is 15.6. The Morgan fingerprint density at radius 3 is 2.09 bits per heavy atom. The minimum Gasteiger partial charge on any atom is -0.497 e. The molecule has 33 heavy (non-hydrogen) atoms. The van der Waals surface area contributed by atoms with Crippen LogP contribution in [0.25, 0.3) is 0 Å². The maximum Gasteiger partial charge on any atom is 0.244 e. The molecule has 0 heterocycles. The molecule has 1 N–H and O–H groups in total. The van der Waals surface area contributed by atoms with E-state index in [0.717, 1.165) is 16.1 Å². The van der Waals surface area contributed by atoms with E-state index >= 15 is 0 Å². The number of carbonyl (C=O) groups excluding carboxylic acids is 2. The number of amides is 2. The summed E-state index contributed by atoms with van der Waals surface area (Å²) >= 11 is 0. The van der Waals surface area contributed by atoms with E-state index in [-0.39, 0.29) is 12.5 Å². The number of hydrogen-bond acceptors (Lipinski definition) is 6. The lowest BCUT2D eigenvalue weighted by Crippen LogP contribution is -2.50. The smallest absolute Gasteiger partial charge is 0.244 e. The zero-order valence-electron chi connectivity index (χ0n) is 19.6. The molecule has 10 heteroatoms. The van der Waals surface area contributed by atoms with E-state index < -0.39 is 28.5 Å². The van der Waals surface area contributed by atoms with Gasteiger partial charge in [0.2, 0.25) is 21.8 Å². The minimum absolute atomic E-state index is 0.123. The lowest BCUT2D eigenvalue weighted by molar-refractivity contribution is -0.139. The molecule has 0 aliphatic carbocycles. The van der Waals surface area contributed by atoms with Gasteiger partial charge in [0.25, 0.3) is 0 Å². The quantitative estimate of drug-likeness (QED) is 0.531. The van der Waals surface area contributed by atoms with Gasteiger partial charge in [-0.3, -0.25) is 13.9 Å². The standard InChI is InChI=1S/C23H31N3O6S/c1-6-32-21-13-9-19(10-14-21)26(33(5,29)30)16-22(27)25(17(2)23(28)24-3)15-18-7-11-20(31-4)12-8-18/h7-14,17H,6,15-16H2,1-5H3,(H,24,28). The van der Waals surface area contributed by atoms with E-state index in [1.54, 1.807) is 62.6 Å². The summed E-state index contributed by atoms with van der Waals surface area (Å²) < 4.78 is 36.6. The maximum atomic E-state index is 13.3. The Kier molecular flexibility index (Phi) is 9.10. The summed E-state index contributed by atoms with van der Waals surface area (Å²) in [5.41, 5.74) is 1.10. The van der Waals surface area contributed by atoms with Gasteiger partial charge < -0.3 is 19.7 Å². The van der Waals surface area contributed by atoms with Crippen molar-refractivity contribution in [3.63, 3.8) is 0 Å². The average Bonchev–Trinajstić information content (AvgIpc) is 2.80. The van der Waals surface area contributed by atoms with Crippen LogP contribution in [0.15, 0.2) is 48.5 Å². The molecule has 180 valence electrons. The molecule has 1 unspecified atom stereocenters. The molecule has 0 aliphatic rings. The normalized spacial score (nSPS) is 11.9. The molecule has 0 saturated carbocycles. The van der Waals surface area contributed by atoms with Gasteiger partial charge >= 0.3 is 0 Å². The van der Waals surface area contributed by atoms with Crippen molar-refractivity contribution in [2.45, 2.75) is 26.4 Å². The first-order valence-electron chi connectivity index (χ1n) is 10.4. The summed E-state index contributed by atoms with van der Waals surface area (Å²) in [6, 6.07) is 12.7. The number of carbonyl (C=O) groups is 2. The van der Waals surface area contributed by atoms with E-state index in [2.05, 4.69) is 5.32 Å². The number of ether oxygens (including phenoxy) is 2. The third kappa shape index (κ3) is 7.11. The molecule has 0 fully saturated rings. The summed E-state index contributed by atoms with van der Waals surface area (Å²) in [6.07, 6.45) is 1.03. The summed E-state index contributed by atoms with van der Waals surface area (Å²) in [7, 11) is -0.739. The van der Waals surface area contributed by atoms with Crippen molar-refractivity contribution in [2.24, 2.45) is 0 Å². The van der Waals surface area contributed by atoms with Crippen molar-refractivity contribution < 1.29 is 27.5 Å². The summed E-state index contributed by atoms with van der Waals surface area (Å²) in [4.78, 5) is 27.0. The molecule has 0 aromatic heterocycles. The van der Waals surface area contributed by atoms with Gasteiger partial charge in [0.1, 0.15) is 24.1 Å². The monoisotopic (exact) mass is 477 g/mol. The molecular formula is C23H31N3O6S. The fourth-order valence-corrected chi connectivity index (χ4v) is 4.06. The third-order valence-electron chi connectivity index (χ3n) is 5.04. The van der Waals surface area contributed by atoms with Crippen LogP contribution in [0, 0.1) is 0 Å². The third-order valence-corrected chi connectivity index (χ3v) is 6.18. The minimum atomic E-state index is -3.78. The van der Waals surface area contributed by atoms with Gasteiger partial charge in [0.15, 0.2) is 0 Å². The molecular weight excluding hydrogens is 446 g/mol. The Morgan fingerprint density at radius 1 is 1.03 bits per heavy atom. The number of anilines is 1. The van der Waals surface area contributed by atoms with Crippen molar-refractivity contribution in [1.82, 2.24) is 10.2 Å². The number of likely N-dealkylation sites (N-methyl/N-ethyl adjacent to an activating group) is 1. The predicted octanol–water partition coefficient (Wildman–Crippen LogP) is 2.02. The van der Waals surface area contributed by atoms with E-state index in [4.69, 9.17) is 9.47 Å². The Morgan fingerprint density at radius 2 is 1.61 bits per heavy atom. The van der Waals surface area contributed by atoms with E-state index in [1.165, 1.54) is 11.9 Å². The van der Waals surface area contributed by atoms with Crippen LogP contribution in [0.3, 0.4) is 0 Å². The molecule has 2 aromatic rings. The van der Waals surface area contributed by atoms with Crippen LogP contribution in [0.4, 0.5) is 5.69 Å². The van der Waals surface area contributed by atoms with Gasteiger partial charge in [-0.05, 0) is 55.8 Å². The second-order valence-electron chi connectivity index (χ2n) is 7.36. The fraction of sp³-hybridized carbons (Fsp3) is 0.391. The second kappa shape index (κ2) is 11.6. The number of benzene rings is 2. The number of sulfonamides is 1. The largest absolute Gasteiger partial charge is 0.497 e. The molecule has 2 aromatic carbocycles. The van der Waals surface area contributed by atoms with Crippen LogP contribution >= 0.6 is 0 Å². The lowest BCUT2D eigenvalue weighted by Gasteiger charge is -2.31. The van der Waals surface area contributed by atoms with Crippen LogP contribution < -0.4 is 19.1 Å². The molecule has 1 atom stereocenters. The number of nitrogens with one attached hydrogen (secondary N) is 1. The van der Waals surface area contributed by atoms with Crippen LogP contribution in [-0.2, 0) is 26.2 Å². The molecule has 0 saturated heterocycles. The highest BCUT2D eigenvalue weighted by molar-refractivity contribution is 7.92. The van der Waals surface area contributed by atoms with E-state index in [9.17, 15) is 18.0 Å². The number of rotatable bonds is 11. The highest BCUT2D eigenvalue weighted by Crippen LogP contribution is 2.23. The zero-order valence-corrected chi connectivity index (χ0v) is 20.4. The van der Waals surface area contributed by atoms with Gasteiger partial charge in [0.05, 0.1) is 25.7 Å². The molecule has 2 rings (SSSR count). The van der Waals surface area contributed by atoms with Gasteiger partial charge in [-0.25, -0.2) is 8.42 Å². The first kappa shape index (κ1) is 26.0. The van der Waals surface area contributed by atoms with E-state index in [0.29, 0.717) is 23.8 Å². The van der Waals surface area contributed by atoms with Crippen LogP contribution in [0.1, 0.15) is 19.4 Å². The number of methoxy groups -OCH3 is 1. The molecule has 0 spiro atoms. The van der Waals surface area contributed by atoms with E-state index in [1.807, 2.05) is 6.92 Å². The summed E-state index contributed by atoms with van der Waals surface area (Å²) in [5, 5.41) is 2.54. The lowest BCUT2D eigenvalue weighted by atomic mass is 10.1. The molecule has 9 nitrogen and oxygen atoms in total. The highest BCUT2D eigenvalue weighted by Gasteiger charge is 2.29. The Labute approximate surface area is 195 Å². The Balaban J connectivity index is 2.33. The van der Waals surface area contributed by atoms with Crippen LogP contribution in [0.2, 0.25) is 0 Å². The molecule has 2 amide bonds. The van der Waals surface area contributed by atoms with Crippen LogP contribution in [-0.4, -0.2) is 64.7 Å². The maximum absolute atomic E-state index is 13.3. The van der Waals surface area contributed by atoms with Gasteiger partial charge in [-0.2, -0.15) is 0 Å². The molecule has 0 radical (unpaired) electrons. The SMILES string of the molecule is CCOc1ccc(N(CC(=O)N(Cc2ccc(OC)cc2)C(C)C(=O)NC)S(C)(=O)=O)cc1. The molecule has 0 aliphatic heterocycles. The summed E-state index contributed by atoms with van der Waals surface area (Å²) in [5.74, 6) is 0.384. The van der Waals surface area contributed by atoms with Crippen molar-refractivity contribution >= 4 is 27.5 Å². The fourth-order valence-electron chi connectivity index (χ4n) is 3.21. The molecule has 0 bridgehead atoms. The summed E-state index contributed by atoms with van der Waals surface area (Å²) in [6.45, 7) is 3.59. The van der Waals surface area contributed by atoms with Crippen LogP contribution in [0.5, 0.6) is 11.5 Å². The number of hydrogen-bond donors (Lipinski definition) is 1. The van der Waals surface area contributed by atoms with Crippen molar-refractivity contribution in [1.29, 1.82) is 0 Å². The predicted molar refractivity (Wildman–Crippen MR) is 127 cm³/mol. The van der Waals surface area contributed by atoms with Gasteiger partial charge in [-0.1, -0.05) is 12.1 Å². The Hall–Kier alpha value is -3.27. The first-order valence-corrected chi connectivity index (χ1v) is 12.3. The average molecular weight is 478 g/mol. The van der Waals surface area contributed by atoms with Crippen molar-refractivity contribution in [3.05, 3.63) is 54.1 Å². The van der Waals surface area contributed by atoms with Crippen molar-refractivity contribution in [3.8, 4) is 11.5 Å². The number of nitrogens with zero attached hydrogens (tertiary/aromatic N) is 2. The van der Waals surface area contributed by atoms with Gasteiger partial charge in [-0.15, -0.1) is 0 Å². The zero-order chi connectivity index (χ0) is 24.6. The second-order valence-corrected chi connectivity index (χ2v) is 9.26. The van der Waals surface area contributed by atoms with Crippen molar-refractivity contribution in [2.75, 3.05) is 37.9 Å². The van der Waals surface area contributed by atoms with Gasteiger partial charge in [0, 0.05) is 13.6 Å². The topological polar surface area (TPSA) is 105 Å². The highest BCUT2D eigenvalue weighted by atomic mass is 32.2.